The lowest BCUT2D eigenvalue weighted by molar-refractivity contribution is 0.142. The van der Waals surface area contributed by atoms with Crippen LogP contribution in [0.5, 0.6) is 0 Å². The lowest BCUT2D eigenvalue weighted by Crippen LogP contribution is -2.39. The smallest absolute Gasteiger partial charge is 0.163 e. The van der Waals surface area contributed by atoms with Crippen molar-refractivity contribution < 1.29 is 8.78 Å². The van der Waals surface area contributed by atoms with Crippen molar-refractivity contribution in [1.29, 1.82) is 5.26 Å². The highest BCUT2D eigenvalue weighted by Crippen LogP contribution is 2.38. The van der Waals surface area contributed by atoms with Gasteiger partial charge in [-0.1, -0.05) is 11.6 Å². The average Bonchev–Trinajstić information content (AvgIpc) is 2.96. The van der Waals surface area contributed by atoms with Gasteiger partial charge >= 0.3 is 0 Å². The van der Waals surface area contributed by atoms with Crippen molar-refractivity contribution in [3.63, 3.8) is 0 Å². The molecule has 0 spiro atoms. The van der Waals surface area contributed by atoms with Gasteiger partial charge in [0, 0.05) is 29.4 Å². The lowest BCUT2D eigenvalue weighted by Gasteiger charge is -2.35. The zero-order chi connectivity index (χ0) is 18.8. The second kappa shape index (κ2) is 7.28. The Morgan fingerprint density at radius 1 is 1.27 bits per heavy atom. The first-order valence-electron chi connectivity index (χ1n) is 8.67. The third-order valence-electron chi connectivity index (χ3n) is 4.70. The van der Waals surface area contributed by atoms with Crippen molar-refractivity contribution in [3.8, 4) is 6.07 Å². The number of allylic oxidation sites excluding steroid dienone is 1. The molecule has 1 aromatic carbocycles. The fourth-order valence-corrected chi connectivity index (χ4v) is 3.54. The summed E-state index contributed by atoms with van der Waals surface area (Å²) >= 11 is 0. The van der Waals surface area contributed by atoms with E-state index in [0.29, 0.717) is 11.3 Å². The molecule has 0 saturated heterocycles. The van der Waals surface area contributed by atoms with E-state index in [9.17, 15) is 14.0 Å². The summed E-state index contributed by atoms with van der Waals surface area (Å²) in [5.41, 5.74) is 3.17. The van der Waals surface area contributed by atoms with E-state index in [-0.39, 0.29) is 6.04 Å². The van der Waals surface area contributed by atoms with E-state index in [4.69, 9.17) is 0 Å². The second-order valence-electron chi connectivity index (χ2n) is 6.78. The van der Waals surface area contributed by atoms with Gasteiger partial charge in [-0.2, -0.15) is 5.26 Å². The number of hydrogen-bond acceptors (Lipinski definition) is 3. The summed E-state index contributed by atoms with van der Waals surface area (Å²) in [6.07, 6.45) is 4.29. The molecular formula is C20H22F2N4. The molecule has 0 fully saturated rings. The van der Waals surface area contributed by atoms with Crippen LogP contribution in [0.15, 0.2) is 35.5 Å². The Balaban J connectivity index is 2.29. The Morgan fingerprint density at radius 2 is 2.00 bits per heavy atom. The van der Waals surface area contributed by atoms with E-state index in [2.05, 4.69) is 15.6 Å². The number of alkyl halides is 2. The Hall–Kier alpha value is -2.68. The van der Waals surface area contributed by atoms with Gasteiger partial charge in [0.2, 0.25) is 0 Å². The zero-order valence-electron chi connectivity index (χ0n) is 15.2. The minimum atomic E-state index is -0.930. The standard InChI is InChI=1S/C20H22F2N4/c1-13(2)26-18-6-5-14(3)9-16(18)17(12-23)19(26)20-24-7-4-8-25(20)15(10-21)11-22/h4-9,13,15,20H,10-11H2,1-3H3. The third kappa shape index (κ3) is 2.88. The molecular weight excluding hydrogens is 334 g/mol. The predicted molar refractivity (Wildman–Crippen MR) is 99.7 cm³/mol. The number of aromatic nitrogens is 1. The van der Waals surface area contributed by atoms with Crippen LogP contribution in [0.2, 0.25) is 0 Å². The normalized spacial score (nSPS) is 16.8. The number of rotatable bonds is 5. The SMILES string of the molecule is Cc1ccc2c(c1)c(C#N)c(C1N=CC=CN1C(CF)CF)n2C(C)C. The molecule has 0 amide bonds. The van der Waals surface area contributed by atoms with Crippen molar-refractivity contribution >= 4 is 17.1 Å². The molecule has 136 valence electrons. The number of halogens is 2. The maximum atomic E-state index is 13.4. The molecule has 6 heteroatoms. The summed E-state index contributed by atoms with van der Waals surface area (Å²) in [5.74, 6) is 0. The van der Waals surface area contributed by atoms with Gasteiger partial charge in [-0.15, -0.1) is 0 Å². The van der Waals surface area contributed by atoms with Crippen LogP contribution >= 0.6 is 0 Å². The van der Waals surface area contributed by atoms with Crippen molar-refractivity contribution in [2.75, 3.05) is 13.3 Å². The molecule has 0 saturated carbocycles. The van der Waals surface area contributed by atoms with Gasteiger partial charge in [-0.25, -0.2) is 8.78 Å². The molecule has 2 aromatic rings. The predicted octanol–water partition coefficient (Wildman–Crippen LogP) is 4.61. The van der Waals surface area contributed by atoms with Crippen LogP contribution in [0.25, 0.3) is 10.9 Å². The van der Waals surface area contributed by atoms with E-state index in [0.717, 1.165) is 16.5 Å². The van der Waals surface area contributed by atoms with Gasteiger partial charge in [-0.05, 0) is 39.0 Å². The Morgan fingerprint density at radius 3 is 2.62 bits per heavy atom. The summed E-state index contributed by atoms with van der Waals surface area (Å²) in [6.45, 7) is 4.38. The quantitative estimate of drug-likeness (QED) is 0.785. The Kier molecular flexibility index (Phi) is 5.08. The maximum absolute atomic E-state index is 13.4. The fraction of sp³-hybridized carbons (Fsp3) is 0.400. The van der Waals surface area contributed by atoms with Gasteiger partial charge in [0.25, 0.3) is 0 Å². The summed E-state index contributed by atoms with van der Waals surface area (Å²) < 4.78 is 28.8. The molecule has 4 nitrogen and oxygen atoms in total. The number of benzene rings is 1. The number of nitriles is 1. The molecule has 3 rings (SSSR count). The van der Waals surface area contributed by atoms with E-state index in [1.807, 2.05) is 39.0 Å². The second-order valence-corrected chi connectivity index (χ2v) is 6.78. The number of aryl methyl sites for hydroxylation is 1. The number of fused-ring (bicyclic) bond motifs is 1. The van der Waals surface area contributed by atoms with Gasteiger partial charge in [0.1, 0.15) is 19.4 Å². The van der Waals surface area contributed by atoms with E-state index < -0.39 is 25.6 Å². The molecule has 0 bridgehead atoms. The Bertz CT molecular complexity index is 901. The van der Waals surface area contributed by atoms with Crippen LogP contribution < -0.4 is 0 Å². The van der Waals surface area contributed by atoms with E-state index in [1.54, 1.807) is 23.4 Å². The summed E-state index contributed by atoms with van der Waals surface area (Å²) in [7, 11) is 0. The minimum absolute atomic E-state index is 0.0643. The van der Waals surface area contributed by atoms with Crippen LogP contribution in [0, 0.1) is 18.3 Å². The van der Waals surface area contributed by atoms with Crippen molar-refractivity contribution in [3.05, 3.63) is 47.3 Å². The van der Waals surface area contributed by atoms with E-state index >= 15 is 0 Å². The van der Waals surface area contributed by atoms with Crippen LogP contribution in [0.4, 0.5) is 8.78 Å². The van der Waals surface area contributed by atoms with Crippen molar-refractivity contribution in [2.24, 2.45) is 4.99 Å². The van der Waals surface area contributed by atoms with E-state index in [1.165, 1.54) is 0 Å². The third-order valence-corrected chi connectivity index (χ3v) is 4.70. The number of hydrogen-bond donors (Lipinski definition) is 0. The largest absolute Gasteiger partial charge is 0.343 e. The molecule has 26 heavy (non-hydrogen) atoms. The highest BCUT2D eigenvalue weighted by atomic mass is 19.1. The topological polar surface area (TPSA) is 44.3 Å². The molecule has 1 aromatic heterocycles. The summed E-state index contributed by atoms with van der Waals surface area (Å²) in [4.78, 5) is 6.05. The monoisotopic (exact) mass is 356 g/mol. The van der Waals surface area contributed by atoms with Crippen LogP contribution in [0.3, 0.4) is 0 Å². The average molecular weight is 356 g/mol. The highest BCUT2D eigenvalue weighted by molar-refractivity contribution is 5.89. The highest BCUT2D eigenvalue weighted by Gasteiger charge is 2.32. The number of aliphatic imine (C=N–C) groups is 1. The van der Waals surface area contributed by atoms with Gasteiger partial charge in [0.15, 0.2) is 6.17 Å². The molecule has 2 heterocycles. The van der Waals surface area contributed by atoms with Crippen LogP contribution in [-0.2, 0) is 0 Å². The van der Waals surface area contributed by atoms with Gasteiger partial charge in [0.05, 0.1) is 17.3 Å². The molecule has 1 aliphatic heterocycles. The first kappa shape index (κ1) is 18.1. The maximum Gasteiger partial charge on any atom is 0.163 e. The first-order chi connectivity index (χ1) is 12.5. The molecule has 0 aliphatic carbocycles. The minimum Gasteiger partial charge on any atom is -0.343 e. The molecule has 1 unspecified atom stereocenters. The molecule has 0 radical (unpaired) electrons. The molecule has 1 atom stereocenters. The lowest BCUT2D eigenvalue weighted by atomic mass is 10.1. The molecule has 0 N–H and O–H groups in total. The summed E-state index contributed by atoms with van der Waals surface area (Å²) in [5, 5.41) is 10.7. The summed E-state index contributed by atoms with van der Waals surface area (Å²) in [6, 6.07) is 7.40. The van der Waals surface area contributed by atoms with Gasteiger partial charge < -0.3 is 9.47 Å². The van der Waals surface area contributed by atoms with Crippen molar-refractivity contribution in [1.82, 2.24) is 9.47 Å². The molecule has 1 aliphatic rings. The van der Waals surface area contributed by atoms with Crippen LogP contribution in [-0.4, -0.2) is 35.1 Å². The Labute approximate surface area is 152 Å². The van der Waals surface area contributed by atoms with Crippen LogP contribution in [0.1, 0.15) is 42.9 Å². The fourth-order valence-electron chi connectivity index (χ4n) is 3.54. The number of nitrogens with zero attached hydrogens (tertiary/aromatic N) is 4. The van der Waals surface area contributed by atoms with Gasteiger partial charge in [-0.3, -0.25) is 4.99 Å². The first-order valence-corrected chi connectivity index (χ1v) is 8.67. The zero-order valence-corrected chi connectivity index (χ0v) is 15.2. The van der Waals surface area contributed by atoms with Crippen molar-refractivity contribution in [2.45, 2.75) is 39.0 Å².